The van der Waals surface area contributed by atoms with E-state index in [0.717, 1.165) is 17.7 Å². The Kier molecular flexibility index (Phi) is 5.59. The molecule has 1 unspecified atom stereocenters. The Bertz CT molecular complexity index is 496. The average Bonchev–Trinajstić information content (AvgIpc) is 2.49. The van der Waals surface area contributed by atoms with Crippen LogP contribution < -0.4 is 10.2 Å². The molecular weight excluding hydrogens is 250 g/mol. The summed E-state index contributed by atoms with van der Waals surface area (Å²) in [6.07, 6.45) is 0.915. The smallest absolute Gasteiger partial charge is 0.118 e. The molecule has 0 aliphatic rings. The molecule has 0 aromatic heterocycles. The van der Waals surface area contributed by atoms with Gasteiger partial charge in [0, 0.05) is 6.04 Å². The van der Waals surface area contributed by atoms with E-state index in [2.05, 4.69) is 36.7 Å². The lowest BCUT2D eigenvalue weighted by Crippen LogP contribution is -2.28. The van der Waals surface area contributed by atoms with E-state index in [1.807, 2.05) is 30.3 Å². The van der Waals surface area contributed by atoms with Crippen molar-refractivity contribution in [3.05, 3.63) is 65.7 Å². The summed E-state index contributed by atoms with van der Waals surface area (Å²) < 4.78 is 5.15. The summed E-state index contributed by atoms with van der Waals surface area (Å²) in [4.78, 5) is 5.52. The van der Waals surface area contributed by atoms with Crippen molar-refractivity contribution < 1.29 is 9.57 Å². The van der Waals surface area contributed by atoms with Gasteiger partial charge in [0.25, 0.3) is 0 Å². The molecule has 1 atom stereocenters. The Morgan fingerprint density at radius 1 is 0.950 bits per heavy atom. The lowest BCUT2D eigenvalue weighted by Gasteiger charge is -2.14. The van der Waals surface area contributed by atoms with E-state index in [9.17, 15) is 0 Å². The van der Waals surface area contributed by atoms with Gasteiger partial charge in [0.05, 0.1) is 13.7 Å². The second kappa shape index (κ2) is 7.68. The molecule has 2 rings (SSSR count). The van der Waals surface area contributed by atoms with Crippen molar-refractivity contribution in [3.8, 4) is 5.75 Å². The van der Waals surface area contributed by atoms with Gasteiger partial charge >= 0.3 is 0 Å². The van der Waals surface area contributed by atoms with Crippen molar-refractivity contribution in [2.24, 2.45) is 0 Å². The van der Waals surface area contributed by atoms with Crippen LogP contribution in [0.3, 0.4) is 0 Å². The number of rotatable bonds is 7. The molecule has 0 saturated carbocycles. The van der Waals surface area contributed by atoms with E-state index in [1.54, 1.807) is 7.11 Å². The van der Waals surface area contributed by atoms with Crippen molar-refractivity contribution in [1.29, 1.82) is 0 Å². The highest BCUT2D eigenvalue weighted by molar-refractivity contribution is 5.27. The molecule has 2 aromatic carbocycles. The monoisotopic (exact) mass is 271 g/mol. The van der Waals surface area contributed by atoms with Gasteiger partial charge in [0.1, 0.15) is 5.75 Å². The molecular formula is C17H21NO2. The van der Waals surface area contributed by atoms with Crippen molar-refractivity contribution >= 4 is 0 Å². The van der Waals surface area contributed by atoms with Gasteiger partial charge < -0.3 is 4.74 Å². The van der Waals surface area contributed by atoms with Crippen molar-refractivity contribution in [2.75, 3.05) is 7.11 Å². The van der Waals surface area contributed by atoms with E-state index in [-0.39, 0.29) is 6.04 Å². The molecule has 0 fully saturated rings. The van der Waals surface area contributed by atoms with Gasteiger partial charge in [-0.25, -0.2) is 0 Å². The lowest BCUT2D eigenvalue weighted by molar-refractivity contribution is 0.00763. The van der Waals surface area contributed by atoms with E-state index in [1.165, 1.54) is 5.56 Å². The highest BCUT2D eigenvalue weighted by Gasteiger charge is 2.04. The van der Waals surface area contributed by atoms with Crippen LogP contribution in [-0.2, 0) is 17.9 Å². The molecule has 20 heavy (non-hydrogen) atoms. The first kappa shape index (κ1) is 14.6. The first-order valence-electron chi connectivity index (χ1n) is 6.82. The fourth-order valence-electron chi connectivity index (χ4n) is 2.00. The van der Waals surface area contributed by atoms with E-state index in [0.29, 0.717) is 6.61 Å². The maximum Gasteiger partial charge on any atom is 0.118 e. The molecule has 0 spiro atoms. The van der Waals surface area contributed by atoms with Crippen LogP contribution >= 0.6 is 0 Å². The van der Waals surface area contributed by atoms with E-state index >= 15 is 0 Å². The number of ether oxygens (including phenoxy) is 1. The summed E-state index contributed by atoms with van der Waals surface area (Å²) in [6.45, 7) is 2.68. The maximum atomic E-state index is 5.52. The molecule has 1 N–H and O–H groups in total. The second-order valence-corrected chi connectivity index (χ2v) is 4.85. The Balaban J connectivity index is 1.73. The van der Waals surface area contributed by atoms with Crippen LogP contribution in [0.2, 0.25) is 0 Å². The summed E-state index contributed by atoms with van der Waals surface area (Å²) in [6, 6.07) is 18.5. The third-order valence-corrected chi connectivity index (χ3v) is 3.07. The summed E-state index contributed by atoms with van der Waals surface area (Å²) in [5.74, 6) is 0.884. The Labute approximate surface area is 120 Å². The molecule has 3 heteroatoms. The molecule has 0 heterocycles. The first-order chi connectivity index (χ1) is 9.78. The minimum absolute atomic E-state index is 0.257. The summed E-state index contributed by atoms with van der Waals surface area (Å²) in [7, 11) is 1.68. The van der Waals surface area contributed by atoms with Crippen molar-refractivity contribution in [1.82, 2.24) is 5.48 Å². The predicted molar refractivity (Wildman–Crippen MR) is 80.5 cm³/mol. The summed E-state index contributed by atoms with van der Waals surface area (Å²) >= 11 is 0. The average molecular weight is 271 g/mol. The number of hydroxylamine groups is 1. The van der Waals surface area contributed by atoms with Crippen LogP contribution in [0.1, 0.15) is 18.1 Å². The zero-order valence-electron chi connectivity index (χ0n) is 12.0. The van der Waals surface area contributed by atoms with Crippen LogP contribution in [0.25, 0.3) is 0 Å². The van der Waals surface area contributed by atoms with Gasteiger partial charge in [0.15, 0.2) is 0 Å². The zero-order valence-corrected chi connectivity index (χ0v) is 12.0. The van der Waals surface area contributed by atoms with Crippen molar-refractivity contribution in [3.63, 3.8) is 0 Å². The van der Waals surface area contributed by atoms with Crippen LogP contribution in [0.15, 0.2) is 54.6 Å². The highest BCUT2D eigenvalue weighted by Crippen LogP contribution is 2.12. The minimum atomic E-state index is 0.257. The van der Waals surface area contributed by atoms with Crippen LogP contribution in [0.5, 0.6) is 5.75 Å². The molecule has 3 nitrogen and oxygen atoms in total. The topological polar surface area (TPSA) is 30.5 Å². The second-order valence-electron chi connectivity index (χ2n) is 4.85. The molecule has 0 aliphatic heterocycles. The largest absolute Gasteiger partial charge is 0.497 e. The molecule has 0 radical (unpaired) electrons. The first-order valence-corrected chi connectivity index (χ1v) is 6.82. The summed E-state index contributed by atoms with van der Waals surface area (Å²) in [5.41, 5.74) is 5.50. The Morgan fingerprint density at radius 2 is 1.65 bits per heavy atom. The van der Waals surface area contributed by atoms with Gasteiger partial charge in [-0.2, -0.15) is 5.48 Å². The van der Waals surface area contributed by atoms with Gasteiger partial charge in [-0.1, -0.05) is 42.5 Å². The van der Waals surface area contributed by atoms with Gasteiger partial charge in [-0.3, -0.25) is 4.84 Å². The minimum Gasteiger partial charge on any atom is -0.497 e. The fourth-order valence-corrected chi connectivity index (χ4v) is 2.00. The Hall–Kier alpha value is -1.84. The van der Waals surface area contributed by atoms with E-state index in [4.69, 9.17) is 9.57 Å². The lowest BCUT2D eigenvalue weighted by atomic mass is 10.1. The molecule has 2 aromatic rings. The van der Waals surface area contributed by atoms with Crippen molar-refractivity contribution in [2.45, 2.75) is 26.0 Å². The standard InChI is InChI=1S/C17H21NO2/c1-14(12-15-8-10-17(19-2)11-9-15)18-20-13-16-6-4-3-5-7-16/h3-11,14,18H,12-13H2,1-2H3. The number of nitrogens with one attached hydrogen (secondary N) is 1. The third kappa shape index (κ3) is 4.68. The van der Waals surface area contributed by atoms with Gasteiger partial charge in [-0.15, -0.1) is 0 Å². The number of hydrogen-bond acceptors (Lipinski definition) is 3. The molecule has 0 saturated heterocycles. The number of hydrogen-bond donors (Lipinski definition) is 1. The molecule has 0 bridgehead atoms. The SMILES string of the molecule is COc1ccc(CC(C)NOCc2ccccc2)cc1. The Morgan fingerprint density at radius 3 is 2.30 bits per heavy atom. The highest BCUT2D eigenvalue weighted by atomic mass is 16.6. The van der Waals surface area contributed by atoms with Gasteiger partial charge in [-0.05, 0) is 36.6 Å². The third-order valence-electron chi connectivity index (χ3n) is 3.07. The zero-order chi connectivity index (χ0) is 14.2. The number of benzene rings is 2. The molecule has 106 valence electrons. The van der Waals surface area contributed by atoms with Crippen LogP contribution in [0, 0.1) is 0 Å². The van der Waals surface area contributed by atoms with Gasteiger partial charge in [0.2, 0.25) is 0 Å². The molecule has 0 amide bonds. The predicted octanol–water partition coefficient (Wildman–Crippen LogP) is 3.35. The quantitative estimate of drug-likeness (QED) is 0.783. The number of methoxy groups -OCH3 is 1. The fraction of sp³-hybridized carbons (Fsp3) is 0.294. The van der Waals surface area contributed by atoms with Crippen LogP contribution in [-0.4, -0.2) is 13.2 Å². The molecule has 0 aliphatic carbocycles. The van der Waals surface area contributed by atoms with E-state index < -0.39 is 0 Å². The van der Waals surface area contributed by atoms with Crippen LogP contribution in [0.4, 0.5) is 0 Å². The maximum absolute atomic E-state index is 5.52. The summed E-state index contributed by atoms with van der Waals surface area (Å²) in [5, 5.41) is 0. The normalized spacial score (nSPS) is 12.1.